The molecule has 7 heteroatoms. The molecule has 0 radical (unpaired) electrons. The zero-order valence-corrected chi connectivity index (χ0v) is 15.0. The lowest BCUT2D eigenvalue weighted by atomic mass is 10.1. The van der Waals surface area contributed by atoms with Gasteiger partial charge in [-0.05, 0) is 30.2 Å². The number of carbonyl (C=O) groups excluding carboxylic acids is 3. The van der Waals surface area contributed by atoms with E-state index in [4.69, 9.17) is 4.74 Å². The van der Waals surface area contributed by atoms with E-state index in [9.17, 15) is 14.4 Å². The number of methoxy groups -OCH3 is 1. The number of hydrogen-bond acceptors (Lipinski definition) is 4. The molecular formula is C20H21N3O4. The number of benzene rings is 2. The number of fused-ring (bicyclic) bond motifs is 1. The Hall–Kier alpha value is -3.35. The van der Waals surface area contributed by atoms with E-state index in [1.807, 2.05) is 24.3 Å². The molecular weight excluding hydrogens is 346 g/mol. The summed E-state index contributed by atoms with van der Waals surface area (Å²) in [5.41, 5.74) is 1.81. The second kappa shape index (κ2) is 8.35. The molecule has 0 aromatic heterocycles. The van der Waals surface area contributed by atoms with E-state index in [0.29, 0.717) is 24.2 Å². The average Bonchev–Trinajstić information content (AvgIpc) is 2.79. The molecule has 2 aromatic rings. The number of hydrogen-bond donors (Lipinski definition) is 3. The number of nitrogens with one attached hydrogen (secondary N) is 3. The van der Waals surface area contributed by atoms with Gasteiger partial charge in [0, 0.05) is 6.54 Å². The first kappa shape index (κ1) is 18.4. The van der Waals surface area contributed by atoms with Crippen molar-refractivity contribution in [1.29, 1.82) is 0 Å². The molecule has 1 aliphatic rings. The highest BCUT2D eigenvalue weighted by atomic mass is 16.5. The van der Waals surface area contributed by atoms with E-state index in [0.717, 1.165) is 11.3 Å². The minimum Gasteiger partial charge on any atom is -0.496 e. The van der Waals surface area contributed by atoms with Crippen LogP contribution in [0.4, 0.5) is 5.69 Å². The van der Waals surface area contributed by atoms with Gasteiger partial charge in [0.05, 0.1) is 24.8 Å². The quantitative estimate of drug-likeness (QED) is 0.721. The van der Waals surface area contributed by atoms with Crippen LogP contribution in [0.1, 0.15) is 22.3 Å². The first-order valence-corrected chi connectivity index (χ1v) is 8.68. The van der Waals surface area contributed by atoms with Gasteiger partial charge in [-0.25, -0.2) is 0 Å². The molecule has 0 bridgehead atoms. The molecule has 0 aliphatic carbocycles. The molecule has 7 nitrogen and oxygen atoms in total. The van der Waals surface area contributed by atoms with Crippen molar-refractivity contribution in [3.8, 4) is 5.75 Å². The van der Waals surface area contributed by atoms with E-state index < -0.39 is 11.9 Å². The van der Waals surface area contributed by atoms with Crippen LogP contribution in [-0.2, 0) is 16.0 Å². The van der Waals surface area contributed by atoms with Gasteiger partial charge in [-0.3, -0.25) is 14.4 Å². The van der Waals surface area contributed by atoms with Crippen molar-refractivity contribution in [3.05, 3.63) is 59.7 Å². The Kier molecular flexibility index (Phi) is 5.71. The molecule has 0 saturated heterocycles. The highest BCUT2D eigenvalue weighted by Gasteiger charge is 2.29. The van der Waals surface area contributed by atoms with Gasteiger partial charge in [0.1, 0.15) is 11.8 Å². The summed E-state index contributed by atoms with van der Waals surface area (Å²) in [4.78, 5) is 36.8. The van der Waals surface area contributed by atoms with Gasteiger partial charge in [0.25, 0.3) is 5.91 Å². The molecule has 1 atom stereocenters. The van der Waals surface area contributed by atoms with E-state index in [-0.39, 0.29) is 18.2 Å². The highest BCUT2D eigenvalue weighted by molar-refractivity contribution is 6.10. The Labute approximate surface area is 157 Å². The Morgan fingerprint density at radius 1 is 1.11 bits per heavy atom. The van der Waals surface area contributed by atoms with Gasteiger partial charge in [-0.15, -0.1) is 0 Å². The van der Waals surface area contributed by atoms with Crippen molar-refractivity contribution in [2.24, 2.45) is 0 Å². The monoisotopic (exact) mass is 367 g/mol. The predicted octanol–water partition coefficient (Wildman–Crippen LogP) is 1.49. The molecule has 1 aliphatic heterocycles. The number of anilines is 1. The second-order valence-corrected chi connectivity index (χ2v) is 6.18. The topological polar surface area (TPSA) is 96.5 Å². The van der Waals surface area contributed by atoms with Crippen LogP contribution in [0.15, 0.2) is 48.5 Å². The smallest absolute Gasteiger partial charge is 0.254 e. The van der Waals surface area contributed by atoms with Crippen LogP contribution >= 0.6 is 0 Å². The lowest BCUT2D eigenvalue weighted by molar-refractivity contribution is -0.125. The normalized spacial score (nSPS) is 15.8. The second-order valence-electron chi connectivity index (χ2n) is 6.18. The van der Waals surface area contributed by atoms with Crippen LogP contribution in [0, 0.1) is 0 Å². The minimum absolute atomic E-state index is 0.127. The van der Waals surface area contributed by atoms with Crippen molar-refractivity contribution < 1.29 is 19.1 Å². The Bertz CT molecular complexity index is 866. The van der Waals surface area contributed by atoms with E-state index >= 15 is 0 Å². The Morgan fingerprint density at radius 3 is 2.67 bits per heavy atom. The number of para-hydroxylation sites is 2. The van der Waals surface area contributed by atoms with Gasteiger partial charge in [-0.1, -0.05) is 30.3 Å². The maximum absolute atomic E-state index is 12.3. The van der Waals surface area contributed by atoms with Crippen LogP contribution in [0.25, 0.3) is 0 Å². The number of amides is 3. The lowest BCUT2D eigenvalue weighted by Gasteiger charge is -2.14. The maximum atomic E-state index is 12.3. The van der Waals surface area contributed by atoms with Gasteiger partial charge in [-0.2, -0.15) is 0 Å². The van der Waals surface area contributed by atoms with Crippen LogP contribution in [0.3, 0.4) is 0 Å². The average molecular weight is 367 g/mol. The summed E-state index contributed by atoms with van der Waals surface area (Å²) in [6.45, 7) is 0.404. The van der Waals surface area contributed by atoms with Crippen molar-refractivity contribution in [2.45, 2.75) is 18.9 Å². The first-order valence-electron chi connectivity index (χ1n) is 8.68. The fraction of sp³-hybridized carbons (Fsp3) is 0.250. The molecule has 27 heavy (non-hydrogen) atoms. The van der Waals surface area contributed by atoms with Gasteiger partial charge in [0.2, 0.25) is 11.8 Å². The van der Waals surface area contributed by atoms with E-state index in [1.165, 1.54) is 0 Å². The van der Waals surface area contributed by atoms with Gasteiger partial charge in [0.15, 0.2) is 0 Å². The van der Waals surface area contributed by atoms with Crippen molar-refractivity contribution in [1.82, 2.24) is 10.6 Å². The number of carbonyl (C=O) groups is 3. The van der Waals surface area contributed by atoms with Crippen LogP contribution in [0.5, 0.6) is 5.75 Å². The molecule has 0 saturated carbocycles. The molecule has 0 spiro atoms. The first-order chi connectivity index (χ1) is 13.1. The third kappa shape index (κ3) is 4.44. The van der Waals surface area contributed by atoms with Crippen LogP contribution in [0.2, 0.25) is 0 Å². The predicted molar refractivity (Wildman–Crippen MR) is 101 cm³/mol. The molecule has 3 N–H and O–H groups in total. The zero-order chi connectivity index (χ0) is 19.2. The minimum atomic E-state index is -0.920. The van der Waals surface area contributed by atoms with Crippen LogP contribution in [-0.4, -0.2) is 37.4 Å². The fourth-order valence-electron chi connectivity index (χ4n) is 2.96. The summed E-state index contributed by atoms with van der Waals surface area (Å²) in [5.74, 6) is -0.333. The Balaban J connectivity index is 1.55. The van der Waals surface area contributed by atoms with E-state index in [2.05, 4.69) is 16.0 Å². The van der Waals surface area contributed by atoms with Gasteiger partial charge < -0.3 is 20.7 Å². The molecule has 3 amide bonds. The summed E-state index contributed by atoms with van der Waals surface area (Å²) in [6, 6.07) is 13.4. The molecule has 0 fully saturated rings. The fourth-order valence-corrected chi connectivity index (χ4v) is 2.96. The molecule has 3 rings (SSSR count). The maximum Gasteiger partial charge on any atom is 0.254 e. The molecule has 1 unspecified atom stereocenters. The van der Waals surface area contributed by atoms with Crippen molar-refractivity contribution in [2.75, 3.05) is 19.0 Å². The van der Waals surface area contributed by atoms with Crippen LogP contribution < -0.4 is 20.7 Å². The molecule has 1 heterocycles. The third-order valence-corrected chi connectivity index (χ3v) is 4.35. The third-order valence-electron chi connectivity index (χ3n) is 4.35. The largest absolute Gasteiger partial charge is 0.496 e. The molecule has 2 aromatic carbocycles. The summed E-state index contributed by atoms with van der Waals surface area (Å²) >= 11 is 0. The van der Waals surface area contributed by atoms with Gasteiger partial charge >= 0.3 is 0 Å². The summed E-state index contributed by atoms with van der Waals surface area (Å²) in [7, 11) is 1.60. The summed E-state index contributed by atoms with van der Waals surface area (Å²) in [5, 5.41) is 8.08. The standard InChI is InChI=1S/C20H21N3O4/c1-27-17-9-5-2-6-13(17)10-11-21-18(24)12-16-20(26)22-15-8-4-3-7-14(15)19(25)23-16/h2-9,16H,10-12H2,1H3,(H,21,24)(H,22,26)(H,23,25). The molecule has 140 valence electrons. The van der Waals surface area contributed by atoms with Crippen molar-refractivity contribution in [3.63, 3.8) is 0 Å². The Morgan fingerprint density at radius 2 is 1.85 bits per heavy atom. The zero-order valence-electron chi connectivity index (χ0n) is 15.0. The van der Waals surface area contributed by atoms with E-state index in [1.54, 1.807) is 31.4 Å². The number of ether oxygens (including phenoxy) is 1. The lowest BCUT2D eigenvalue weighted by Crippen LogP contribution is -2.44. The number of rotatable bonds is 6. The summed E-state index contributed by atoms with van der Waals surface area (Å²) < 4.78 is 5.28. The SMILES string of the molecule is COc1ccccc1CCNC(=O)CC1NC(=O)c2ccccc2NC1=O. The summed E-state index contributed by atoms with van der Waals surface area (Å²) in [6.07, 6.45) is 0.474. The van der Waals surface area contributed by atoms with Crippen molar-refractivity contribution >= 4 is 23.4 Å². The highest BCUT2D eigenvalue weighted by Crippen LogP contribution is 2.19.